The molecule has 0 atom stereocenters. The standard InChI is InChI=1S/C22H32N2O3S/c1-3-24(4-2)28(26,27)20-7-5-15(6-8-20)14-23-22(25)21-18-10-16-9-17(12-18)13-19(21)11-16/h5-8,16-19,21H,3-4,9-14H2,1-2H3,(H,23,25). The summed E-state index contributed by atoms with van der Waals surface area (Å²) in [6.45, 7) is 5.07. The number of benzene rings is 1. The molecule has 1 N–H and O–H groups in total. The molecular weight excluding hydrogens is 372 g/mol. The number of nitrogens with zero attached hydrogens (tertiary/aromatic N) is 1. The highest BCUT2D eigenvalue weighted by Crippen LogP contribution is 2.56. The van der Waals surface area contributed by atoms with Gasteiger partial charge in [-0.15, -0.1) is 0 Å². The first-order valence-corrected chi connectivity index (χ1v) is 12.2. The van der Waals surface area contributed by atoms with Gasteiger partial charge in [0.15, 0.2) is 0 Å². The van der Waals surface area contributed by atoms with Crippen molar-refractivity contribution in [3.05, 3.63) is 29.8 Å². The number of carbonyl (C=O) groups excluding carboxylic acids is 1. The van der Waals surface area contributed by atoms with E-state index < -0.39 is 10.0 Å². The van der Waals surface area contributed by atoms with Crippen LogP contribution in [0, 0.1) is 29.6 Å². The lowest BCUT2D eigenvalue weighted by Crippen LogP contribution is -2.50. The molecule has 0 heterocycles. The summed E-state index contributed by atoms with van der Waals surface area (Å²) in [5, 5.41) is 3.13. The SMILES string of the molecule is CCN(CC)S(=O)(=O)c1ccc(CNC(=O)C2C3CC4CC(C3)CC2C4)cc1. The maximum atomic E-state index is 12.9. The van der Waals surface area contributed by atoms with Gasteiger partial charge in [0.2, 0.25) is 15.9 Å². The minimum Gasteiger partial charge on any atom is -0.352 e. The number of hydrogen-bond acceptors (Lipinski definition) is 3. The summed E-state index contributed by atoms with van der Waals surface area (Å²) in [4.78, 5) is 13.2. The lowest BCUT2D eigenvalue weighted by atomic mass is 9.51. The topological polar surface area (TPSA) is 66.5 Å². The van der Waals surface area contributed by atoms with E-state index in [2.05, 4.69) is 5.32 Å². The van der Waals surface area contributed by atoms with Crippen molar-refractivity contribution < 1.29 is 13.2 Å². The molecule has 28 heavy (non-hydrogen) atoms. The van der Waals surface area contributed by atoms with Crippen molar-refractivity contribution in [2.45, 2.75) is 57.4 Å². The molecule has 0 aromatic heterocycles. The smallest absolute Gasteiger partial charge is 0.243 e. The fraction of sp³-hybridized carbons (Fsp3) is 0.682. The van der Waals surface area contributed by atoms with Crippen LogP contribution in [-0.4, -0.2) is 31.7 Å². The van der Waals surface area contributed by atoms with Crippen molar-refractivity contribution in [2.24, 2.45) is 29.6 Å². The number of sulfonamides is 1. The molecule has 0 aliphatic heterocycles. The highest BCUT2D eigenvalue weighted by Gasteiger charge is 2.50. The van der Waals surface area contributed by atoms with Crippen LogP contribution < -0.4 is 5.32 Å². The van der Waals surface area contributed by atoms with Gasteiger partial charge in [0.25, 0.3) is 0 Å². The molecule has 4 fully saturated rings. The maximum Gasteiger partial charge on any atom is 0.243 e. The lowest BCUT2D eigenvalue weighted by Gasteiger charge is -2.53. The Balaban J connectivity index is 1.37. The van der Waals surface area contributed by atoms with E-state index in [1.807, 2.05) is 26.0 Å². The van der Waals surface area contributed by atoms with Crippen LogP contribution >= 0.6 is 0 Å². The van der Waals surface area contributed by atoms with Crippen molar-refractivity contribution in [3.63, 3.8) is 0 Å². The van der Waals surface area contributed by atoms with Crippen LogP contribution in [0.4, 0.5) is 0 Å². The molecule has 0 unspecified atom stereocenters. The third-order valence-electron chi connectivity index (χ3n) is 7.26. The van der Waals surface area contributed by atoms with Gasteiger partial charge >= 0.3 is 0 Å². The van der Waals surface area contributed by atoms with Gasteiger partial charge in [0, 0.05) is 25.6 Å². The molecule has 4 bridgehead atoms. The third-order valence-corrected chi connectivity index (χ3v) is 9.33. The molecular formula is C22H32N2O3S. The number of amides is 1. The molecule has 5 nitrogen and oxygen atoms in total. The highest BCUT2D eigenvalue weighted by atomic mass is 32.2. The third kappa shape index (κ3) is 3.61. The molecule has 0 saturated heterocycles. The number of carbonyl (C=O) groups is 1. The summed E-state index contributed by atoms with van der Waals surface area (Å²) in [7, 11) is -3.43. The van der Waals surface area contributed by atoms with E-state index in [4.69, 9.17) is 0 Å². The molecule has 1 aromatic rings. The lowest BCUT2D eigenvalue weighted by molar-refractivity contribution is -0.138. The average Bonchev–Trinajstić information content (AvgIpc) is 2.66. The molecule has 1 aromatic carbocycles. The maximum absolute atomic E-state index is 12.9. The van der Waals surface area contributed by atoms with Crippen LogP contribution in [0.15, 0.2) is 29.2 Å². The first-order chi connectivity index (χ1) is 13.4. The molecule has 5 rings (SSSR count). The Labute approximate surface area is 168 Å². The van der Waals surface area contributed by atoms with Gasteiger partial charge in [0.1, 0.15) is 0 Å². The quantitative estimate of drug-likeness (QED) is 0.757. The largest absolute Gasteiger partial charge is 0.352 e. The van der Waals surface area contributed by atoms with Crippen molar-refractivity contribution in [3.8, 4) is 0 Å². The van der Waals surface area contributed by atoms with E-state index in [-0.39, 0.29) is 11.8 Å². The van der Waals surface area contributed by atoms with Gasteiger partial charge < -0.3 is 5.32 Å². The first kappa shape index (κ1) is 19.9. The van der Waals surface area contributed by atoms with Crippen molar-refractivity contribution in [1.82, 2.24) is 9.62 Å². The molecule has 4 aliphatic rings. The zero-order chi connectivity index (χ0) is 19.9. The fourth-order valence-corrected chi connectivity index (χ4v) is 7.61. The molecule has 0 radical (unpaired) electrons. The Morgan fingerprint density at radius 3 is 2.00 bits per heavy atom. The van der Waals surface area contributed by atoms with Gasteiger partial charge in [-0.05, 0) is 73.5 Å². The van der Waals surface area contributed by atoms with Crippen LogP contribution in [-0.2, 0) is 21.4 Å². The van der Waals surface area contributed by atoms with E-state index >= 15 is 0 Å². The predicted molar refractivity (Wildman–Crippen MR) is 109 cm³/mol. The van der Waals surface area contributed by atoms with E-state index in [9.17, 15) is 13.2 Å². The normalized spacial score (nSPS) is 31.3. The summed E-state index contributed by atoms with van der Waals surface area (Å²) in [6, 6.07) is 6.93. The number of hydrogen-bond donors (Lipinski definition) is 1. The van der Waals surface area contributed by atoms with Crippen LogP contribution in [0.2, 0.25) is 0 Å². The van der Waals surface area contributed by atoms with Crippen molar-refractivity contribution in [1.29, 1.82) is 0 Å². The minimum atomic E-state index is -3.43. The summed E-state index contributed by atoms with van der Waals surface area (Å²) in [5.74, 6) is 3.29. The van der Waals surface area contributed by atoms with Crippen molar-refractivity contribution in [2.75, 3.05) is 13.1 Å². The van der Waals surface area contributed by atoms with Crippen LogP contribution in [0.1, 0.15) is 51.5 Å². The monoisotopic (exact) mass is 404 g/mol. The Bertz CT molecular complexity index is 787. The second-order valence-electron chi connectivity index (χ2n) is 8.91. The van der Waals surface area contributed by atoms with E-state index in [0.29, 0.717) is 36.4 Å². The molecule has 4 aliphatic carbocycles. The Kier molecular flexibility index (Phi) is 5.53. The van der Waals surface area contributed by atoms with Crippen molar-refractivity contribution >= 4 is 15.9 Å². The Hall–Kier alpha value is -1.40. The predicted octanol–water partition coefficient (Wildman–Crippen LogP) is 3.41. The van der Waals surface area contributed by atoms with Gasteiger partial charge in [-0.25, -0.2) is 8.42 Å². The second-order valence-corrected chi connectivity index (χ2v) is 10.8. The Morgan fingerprint density at radius 2 is 1.50 bits per heavy atom. The van der Waals surface area contributed by atoms with E-state index in [1.165, 1.54) is 36.4 Å². The number of rotatable bonds is 7. The molecule has 1 amide bonds. The first-order valence-electron chi connectivity index (χ1n) is 10.8. The van der Waals surface area contributed by atoms with Crippen LogP contribution in [0.25, 0.3) is 0 Å². The highest BCUT2D eigenvalue weighted by molar-refractivity contribution is 7.89. The second kappa shape index (κ2) is 7.79. The summed E-state index contributed by atoms with van der Waals surface area (Å²) >= 11 is 0. The minimum absolute atomic E-state index is 0.190. The average molecular weight is 405 g/mol. The van der Waals surface area contributed by atoms with Gasteiger partial charge in [-0.3, -0.25) is 4.79 Å². The van der Waals surface area contributed by atoms with E-state index in [1.54, 1.807) is 12.1 Å². The molecule has 6 heteroatoms. The zero-order valence-electron chi connectivity index (χ0n) is 16.9. The Morgan fingerprint density at radius 1 is 0.964 bits per heavy atom. The fourth-order valence-electron chi connectivity index (χ4n) is 6.15. The van der Waals surface area contributed by atoms with Gasteiger partial charge in [-0.2, -0.15) is 4.31 Å². The van der Waals surface area contributed by atoms with Crippen LogP contribution in [0.3, 0.4) is 0 Å². The summed E-state index contributed by atoms with van der Waals surface area (Å²) in [5.41, 5.74) is 0.940. The molecule has 154 valence electrons. The summed E-state index contributed by atoms with van der Waals surface area (Å²) in [6.07, 6.45) is 6.35. The van der Waals surface area contributed by atoms with Gasteiger partial charge in [-0.1, -0.05) is 26.0 Å². The molecule has 0 spiro atoms. The number of nitrogens with one attached hydrogen (secondary N) is 1. The van der Waals surface area contributed by atoms with Gasteiger partial charge in [0.05, 0.1) is 4.90 Å². The van der Waals surface area contributed by atoms with Crippen LogP contribution in [0.5, 0.6) is 0 Å². The molecule has 4 saturated carbocycles. The zero-order valence-corrected chi connectivity index (χ0v) is 17.7. The summed E-state index contributed by atoms with van der Waals surface area (Å²) < 4.78 is 26.6. The van der Waals surface area contributed by atoms with E-state index in [0.717, 1.165) is 17.4 Å².